The molecule has 1 amide bonds. The van der Waals surface area contributed by atoms with Crippen LogP contribution >= 0.6 is 0 Å². The maximum absolute atomic E-state index is 11.8. The van der Waals surface area contributed by atoms with Crippen molar-refractivity contribution < 1.29 is 4.79 Å². The van der Waals surface area contributed by atoms with E-state index in [0.717, 1.165) is 26.1 Å². The predicted octanol–water partition coefficient (Wildman–Crippen LogP) is 2.60. The van der Waals surface area contributed by atoms with Crippen LogP contribution < -0.4 is 10.2 Å². The Hall–Kier alpha value is -1.51. The summed E-state index contributed by atoms with van der Waals surface area (Å²) in [5.74, 6) is 0.677. The third kappa shape index (κ3) is 3.98. The third-order valence-electron chi connectivity index (χ3n) is 3.52. The molecule has 1 aliphatic heterocycles. The van der Waals surface area contributed by atoms with E-state index < -0.39 is 0 Å². The Balaban J connectivity index is 1.86. The van der Waals surface area contributed by atoms with Crippen molar-refractivity contribution in [2.75, 3.05) is 24.5 Å². The van der Waals surface area contributed by atoms with Crippen molar-refractivity contribution in [3.05, 3.63) is 29.8 Å². The Bertz CT molecular complexity index is 429. The molecule has 3 nitrogen and oxygen atoms in total. The second-order valence-corrected chi connectivity index (χ2v) is 5.67. The summed E-state index contributed by atoms with van der Waals surface area (Å²) in [5.41, 5.74) is 2.72. The highest BCUT2D eigenvalue weighted by atomic mass is 16.1. The third-order valence-corrected chi connectivity index (χ3v) is 3.52. The van der Waals surface area contributed by atoms with Crippen LogP contribution in [0.3, 0.4) is 0 Å². The number of fused-ring (bicyclic) bond motifs is 1. The molecule has 0 fully saturated rings. The normalized spacial score (nSPS) is 14.4. The van der Waals surface area contributed by atoms with Gasteiger partial charge in [0.25, 0.3) is 0 Å². The molecule has 1 N–H and O–H groups in total. The first-order chi connectivity index (χ1) is 9.16. The van der Waals surface area contributed by atoms with Crippen molar-refractivity contribution >= 4 is 11.6 Å². The van der Waals surface area contributed by atoms with E-state index in [2.05, 4.69) is 48.3 Å². The monoisotopic (exact) mass is 260 g/mol. The van der Waals surface area contributed by atoms with E-state index in [9.17, 15) is 4.79 Å². The van der Waals surface area contributed by atoms with Crippen LogP contribution in [0.25, 0.3) is 0 Å². The van der Waals surface area contributed by atoms with E-state index in [4.69, 9.17) is 0 Å². The predicted molar refractivity (Wildman–Crippen MR) is 79.4 cm³/mol. The quantitative estimate of drug-likeness (QED) is 0.882. The van der Waals surface area contributed by atoms with E-state index in [1.165, 1.54) is 17.7 Å². The number of hydrogen-bond donors (Lipinski definition) is 1. The molecule has 0 radical (unpaired) electrons. The highest BCUT2D eigenvalue weighted by Crippen LogP contribution is 2.26. The number of nitrogens with one attached hydrogen (secondary N) is 1. The van der Waals surface area contributed by atoms with Crippen molar-refractivity contribution in [1.82, 2.24) is 5.32 Å². The molecule has 0 unspecified atom stereocenters. The highest BCUT2D eigenvalue weighted by molar-refractivity contribution is 5.76. The van der Waals surface area contributed by atoms with Gasteiger partial charge in [0, 0.05) is 31.7 Å². The van der Waals surface area contributed by atoms with Crippen LogP contribution in [0.5, 0.6) is 0 Å². The molecule has 1 aromatic rings. The first kappa shape index (κ1) is 13.9. The van der Waals surface area contributed by atoms with Gasteiger partial charge in [-0.25, -0.2) is 0 Å². The summed E-state index contributed by atoms with van der Waals surface area (Å²) >= 11 is 0. The molecule has 0 aromatic heterocycles. The lowest BCUT2D eigenvalue weighted by Crippen LogP contribution is -2.35. The summed E-state index contributed by atoms with van der Waals surface area (Å²) in [7, 11) is 0. The van der Waals surface area contributed by atoms with E-state index in [0.29, 0.717) is 12.3 Å². The number of anilines is 1. The van der Waals surface area contributed by atoms with E-state index in [1.54, 1.807) is 0 Å². The van der Waals surface area contributed by atoms with Gasteiger partial charge in [0.05, 0.1) is 0 Å². The van der Waals surface area contributed by atoms with Crippen molar-refractivity contribution in [3.63, 3.8) is 0 Å². The number of aryl methyl sites for hydroxylation is 1. The molecule has 0 saturated heterocycles. The fourth-order valence-electron chi connectivity index (χ4n) is 2.49. The fraction of sp³-hybridized carbons (Fsp3) is 0.562. The summed E-state index contributed by atoms with van der Waals surface area (Å²) in [6, 6.07) is 8.54. The van der Waals surface area contributed by atoms with Crippen LogP contribution in [0.1, 0.15) is 32.3 Å². The Labute approximate surface area is 116 Å². The molecule has 2 rings (SSSR count). The van der Waals surface area contributed by atoms with Crippen LogP contribution in [0.2, 0.25) is 0 Å². The van der Waals surface area contributed by atoms with Crippen LogP contribution in [0, 0.1) is 5.92 Å². The maximum atomic E-state index is 11.8. The molecule has 1 aliphatic rings. The van der Waals surface area contributed by atoms with Crippen molar-refractivity contribution in [3.8, 4) is 0 Å². The lowest BCUT2D eigenvalue weighted by Gasteiger charge is -2.31. The highest BCUT2D eigenvalue weighted by Gasteiger charge is 2.16. The second kappa shape index (κ2) is 6.60. The van der Waals surface area contributed by atoms with Gasteiger partial charge in [-0.2, -0.15) is 0 Å². The van der Waals surface area contributed by atoms with E-state index in [1.807, 2.05) is 0 Å². The summed E-state index contributed by atoms with van der Waals surface area (Å²) in [6.45, 7) is 6.88. The van der Waals surface area contributed by atoms with Gasteiger partial charge >= 0.3 is 0 Å². The average molecular weight is 260 g/mol. The molecular weight excluding hydrogens is 236 g/mol. The Morgan fingerprint density at radius 2 is 2.16 bits per heavy atom. The minimum atomic E-state index is 0.164. The molecule has 0 spiro atoms. The van der Waals surface area contributed by atoms with Gasteiger partial charge in [0.15, 0.2) is 0 Å². The van der Waals surface area contributed by atoms with Gasteiger partial charge in [0.2, 0.25) is 5.91 Å². The molecule has 1 heterocycles. The van der Waals surface area contributed by atoms with Gasteiger partial charge in [0.1, 0.15) is 0 Å². The Morgan fingerprint density at radius 3 is 2.95 bits per heavy atom. The zero-order valence-corrected chi connectivity index (χ0v) is 12.0. The molecular formula is C16H24N2O. The molecule has 3 heteroatoms. The molecule has 0 aliphatic carbocycles. The summed E-state index contributed by atoms with van der Waals surface area (Å²) in [4.78, 5) is 14.1. The molecule has 0 bridgehead atoms. The maximum Gasteiger partial charge on any atom is 0.221 e. The van der Waals surface area contributed by atoms with Crippen LogP contribution in [0.15, 0.2) is 24.3 Å². The Kier molecular flexibility index (Phi) is 4.83. The minimum absolute atomic E-state index is 0.164. The fourth-order valence-corrected chi connectivity index (χ4v) is 2.49. The first-order valence-electron chi connectivity index (χ1n) is 7.26. The lowest BCUT2D eigenvalue weighted by molar-refractivity contribution is -0.121. The minimum Gasteiger partial charge on any atom is -0.371 e. The molecule has 19 heavy (non-hydrogen) atoms. The Morgan fingerprint density at radius 1 is 1.37 bits per heavy atom. The summed E-state index contributed by atoms with van der Waals surface area (Å²) in [6.07, 6.45) is 2.93. The van der Waals surface area contributed by atoms with E-state index >= 15 is 0 Å². The lowest BCUT2D eigenvalue weighted by atomic mass is 10.0. The SMILES string of the molecule is CC(C)CNC(=O)CCN1CCCc2ccccc21. The van der Waals surface area contributed by atoms with Gasteiger partial charge in [-0.3, -0.25) is 4.79 Å². The zero-order chi connectivity index (χ0) is 13.7. The van der Waals surface area contributed by atoms with Crippen molar-refractivity contribution in [2.45, 2.75) is 33.1 Å². The number of amides is 1. The number of rotatable bonds is 5. The van der Waals surface area contributed by atoms with Gasteiger partial charge < -0.3 is 10.2 Å². The van der Waals surface area contributed by atoms with Crippen LogP contribution in [-0.4, -0.2) is 25.5 Å². The number of carbonyl (C=O) groups excluding carboxylic acids is 1. The van der Waals surface area contributed by atoms with Gasteiger partial charge in [-0.15, -0.1) is 0 Å². The number of carbonyl (C=O) groups is 1. The number of benzene rings is 1. The topological polar surface area (TPSA) is 32.3 Å². The number of para-hydroxylation sites is 1. The van der Waals surface area contributed by atoms with E-state index in [-0.39, 0.29) is 5.91 Å². The van der Waals surface area contributed by atoms with Crippen LogP contribution in [0.4, 0.5) is 5.69 Å². The largest absolute Gasteiger partial charge is 0.371 e. The van der Waals surface area contributed by atoms with Crippen molar-refractivity contribution in [1.29, 1.82) is 0 Å². The molecule has 0 saturated carbocycles. The summed E-state index contributed by atoms with van der Waals surface area (Å²) < 4.78 is 0. The first-order valence-corrected chi connectivity index (χ1v) is 7.26. The summed E-state index contributed by atoms with van der Waals surface area (Å²) in [5, 5.41) is 2.98. The molecule has 104 valence electrons. The standard InChI is InChI=1S/C16H24N2O/c1-13(2)12-17-16(19)9-11-18-10-5-7-14-6-3-4-8-15(14)18/h3-4,6,8,13H,5,7,9-12H2,1-2H3,(H,17,19). The average Bonchev–Trinajstić information content (AvgIpc) is 2.42. The van der Waals surface area contributed by atoms with Crippen LogP contribution in [-0.2, 0) is 11.2 Å². The molecule has 0 atom stereocenters. The van der Waals surface area contributed by atoms with Crippen molar-refractivity contribution in [2.24, 2.45) is 5.92 Å². The van der Waals surface area contributed by atoms with Gasteiger partial charge in [-0.1, -0.05) is 32.0 Å². The smallest absolute Gasteiger partial charge is 0.221 e. The van der Waals surface area contributed by atoms with Gasteiger partial charge in [-0.05, 0) is 30.4 Å². The number of hydrogen-bond acceptors (Lipinski definition) is 2. The zero-order valence-electron chi connectivity index (χ0n) is 12.0. The molecule has 1 aromatic carbocycles. The number of nitrogens with zero attached hydrogens (tertiary/aromatic N) is 1. The second-order valence-electron chi connectivity index (χ2n) is 5.67.